The van der Waals surface area contributed by atoms with Crippen molar-refractivity contribution < 1.29 is 22.7 Å². The van der Waals surface area contributed by atoms with E-state index < -0.39 is 10.0 Å². The summed E-state index contributed by atoms with van der Waals surface area (Å²) in [6, 6.07) is 6.91. The van der Waals surface area contributed by atoms with Gasteiger partial charge in [0, 0.05) is 19.0 Å². The van der Waals surface area contributed by atoms with Gasteiger partial charge in [-0.3, -0.25) is 4.79 Å². The molecule has 1 aromatic rings. The minimum atomic E-state index is -3.63. The predicted octanol–water partition coefficient (Wildman–Crippen LogP) is 2.11. The van der Waals surface area contributed by atoms with Crippen LogP contribution in [-0.4, -0.2) is 52.3 Å². The SMILES string of the molecule is CC(C)(C)c1ccc(S(=O)(=O)NCCC(=O)N[C@@H]2CC[C@H]3OCCO[C@H]3C2)cc1. The topological polar surface area (TPSA) is 93.7 Å². The van der Waals surface area contributed by atoms with Gasteiger partial charge in [0.15, 0.2) is 0 Å². The van der Waals surface area contributed by atoms with E-state index in [1.54, 1.807) is 12.1 Å². The van der Waals surface area contributed by atoms with Crippen LogP contribution in [0.5, 0.6) is 0 Å². The van der Waals surface area contributed by atoms with Gasteiger partial charge in [0.25, 0.3) is 0 Å². The van der Waals surface area contributed by atoms with Gasteiger partial charge in [0.05, 0.1) is 30.3 Å². The first-order valence-corrected chi connectivity index (χ1v) is 11.8. The molecule has 2 N–H and O–H groups in total. The van der Waals surface area contributed by atoms with Gasteiger partial charge >= 0.3 is 0 Å². The summed E-state index contributed by atoms with van der Waals surface area (Å²) < 4.78 is 38.8. The van der Waals surface area contributed by atoms with Crippen molar-refractivity contribution in [2.45, 2.75) is 75.0 Å². The summed E-state index contributed by atoms with van der Waals surface area (Å²) in [4.78, 5) is 12.4. The largest absolute Gasteiger partial charge is 0.373 e. The molecule has 0 aromatic heterocycles. The Morgan fingerprint density at radius 2 is 1.72 bits per heavy atom. The Balaban J connectivity index is 1.44. The van der Waals surface area contributed by atoms with Crippen LogP contribution >= 0.6 is 0 Å². The van der Waals surface area contributed by atoms with Crippen molar-refractivity contribution in [2.24, 2.45) is 0 Å². The smallest absolute Gasteiger partial charge is 0.240 e. The number of nitrogens with one attached hydrogen (secondary N) is 2. The Morgan fingerprint density at radius 3 is 2.38 bits per heavy atom. The molecule has 3 rings (SSSR count). The monoisotopic (exact) mass is 424 g/mol. The van der Waals surface area contributed by atoms with Crippen LogP contribution < -0.4 is 10.0 Å². The lowest BCUT2D eigenvalue weighted by Crippen LogP contribution is -2.49. The number of hydrogen-bond acceptors (Lipinski definition) is 5. The van der Waals surface area contributed by atoms with Crippen LogP contribution in [0.4, 0.5) is 0 Å². The first-order chi connectivity index (χ1) is 13.6. The average molecular weight is 425 g/mol. The van der Waals surface area contributed by atoms with Gasteiger partial charge in [-0.05, 0) is 42.4 Å². The quantitative estimate of drug-likeness (QED) is 0.729. The maximum atomic E-state index is 12.4. The van der Waals surface area contributed by atoms with E-state index in [0.29, 0.717) is 13.2 Å². The summed E-state index contributed by atoms with van der Waals surface area (Å²) in [6.07, 6.45) is 2.73. The predicted molar refractivity (Wildman–Crippen MR) is 110 cm³/mol. The molecule has 8 heteroatoms. The molecule has 1 heterocycles. The lowest BCUT2D eigenvalue weighted by atomic mass is 9.87. The Hall–Kier alpha value is -1.48. The van der Waals surface area contributed by atoms with Crippen molar-refractivity contribution in [1.82, 2.24) is 10.0 Å². The number of fused-ring (bicyclic) bond motifs is 1. The highest BCUT2D eigenvalue weighted by molar-refractivity contribution is 7.89. The van der Waals surface area contributed by atoms with Gasteiger partial charge in [0.2, 0.25) is 15.9 Å². The summed E-state index contributed by atoms with van der Waals surface area (Å²) in [6.45, 7) is 7.53. The molecule has 1 aromatic carbocycles. The third-order valence-electron chi connectivity index (χ3n) is 5.52. The standard InChI is InChI=1S/C21H32N2O5S/c1-21(2,3)15-4-7-17(8-5-15)29(25,26)22-11-10-20(24)23-16-6-9-18-19(14-16)28-13-12-27-18/h4-5,7-8,16,18-19,22H,6,9-14H2,1-3H3,(H,23,24)/t16-,18-,19+/m1/s1. The van der Waals surface area contributed by atoms with Crippen molar-refractivity contribution in [2.75, 3.05) is 19.8 Å². The number of benzene rings is 1. The molecular formula is C21H32N2O5S. The number of carbonyl (C=O) groups excluding carboxylic acids is 1. The van der Waals surface area contributed by atoms with E-state index in [1.165, 1.54) is 0 Å². The number of amides is 1. The number of ether oxygens (including phenoxy) is 2. The second-order valence-electron chi connectivity index (χ2n) is 8.82. The van der Waals surface area contributed by atoms with Gasteiger partial charge in [-0.25, -0.2) is 13.1 Å². The average Bonchev–Trinajstić information content (AvgIpc) is 2.67. The third-order valence-corrected chi connectivity index (χ3v) is 7.00. The summed E-state index contributed by atoms with van der Waals surface area (Å²) in [7, 11) is -3.63. The maximum Gasteiger partial charge on any atom is 0.240 e. The van der Waals surface area contributed by atoms with Crippen molar-refractivity contribution in [3.05, 3.63) is 29.8 Å². The minimum absolute atomic E-state index is 0.0392. The molecule has 0 unspecified atom stereocenters. The fourth-order valence-corrected chi connectivity index (χ4v) is 4.85. The Bertz CT molecular complexity index is 801. The fourth-order valence-electron chi connectivity index (χ4n) is 3.81. The number of carbonyl (C=O) groups is 1. The normalized spacial score (nSPS) is 25.3. The van der Waals surface area contributed by atoms with Gasteiger partial charge in [-0.1, -0.05) is 32.9 Å². The van der Waals surface area contributed by atoms with Gasteiger partial charge in [0.1, 0.15) is 0 Å². The molecule has 1 amide bonds. The van der Waals surface area contributed by atoms with Crippen LogP contribution in [-0.2, 0) is 29.7 Å². The zero-order valence-electron chi connectivity index (χ0n) is 17.4. The van der Waals surface area contributed by atoms with E-state index in [-0.39, 0.29) is 47.4 Å². The molecule has 7 nitrogen and oxygen atoms in total. The highest BCUT2D eigenvalue weighted by Gasteiger charge is 2.34. The summed E-state index contributed by atoms with van der Waals surface area (Å²) in [5.74, 6) is -0.157. The highest BCUT2D eigenvalue weighted by atomic mass is 32.2. The van der Waals surface area contributed by atoms with Crippen LogP contribution in [0.15, 0.2) is 29.2 Å². The molecule has 1 aliphatic carbocycles. The molecular weight excluding hydrogens is 392 g/mol. The van der Waals surface area contributed by atoms with E-state index in [1.807, 2.05) is 12.1 Å². The van der Waals surface area contributed by atoms with E-state index in [0.717, 1.165) is 24.8 Å². The van der Waals surface area contributed by atoms with Crippen LogP contribution in [0.1, 0.15) is 52.0 Å². The molecule has 3 atom stereocenters. The number of sulfonamides is 1. The van der Waals surface area contributed by atoms with Crippen LogP contribution in [0.2, 0.25) is 0 Å². The summed E-state index contributed by atoms with van der Waals surface area (Å²) in [5, 5.41) is 2.99. The molecule has 1 saturated carbocycles. The molecule has 1 saturated heterocycles. The summed E-state index contributed by atoms with van der Waals surface area (Å²) >= 11 is 0. The van der Waals surface area contributed by atoms with Gasteiger partial charge in [-0.15, -0.1) is 0 Å². The Labute approximate surface area is 173 Å². The van der Waals surface area contributed by atoms with E-state index in [9.17, 15) is 13.2 Å². The van der Waals surface area contributed by atoms with E-state index >= 15 is 0 Å². The first kappa shape index (κ1) is 22.2. The van der Waals surface area contributed by atoms with Crippen molar-refractivity contribution >= 4 is 15.9 Å². The van der Waals surface area contributed by atoms with Crippen LogP contribution in [0.3, 0.4) is 0 Å². The lowest BCUT2D eigenvalue weighted by Gasteiger charge is -2.39. The third kappa shape index (κ3) is 6.01. The van der Waals surface area contributed by atoms with Crippen molar-refractivity contribution in [3.63, 3.8) is 0 Å². The highest BCUT2D eigenvalue weighted by Crippen LogP contribution is 2.27. The molecule has 0 radical (unpaired) electrons. The van der Waals surface area contributed by atoms with E-state index in [4.69, 9.17) is 9.47 Å². The zero-order valence-corrected chi connectivity index (χ0v) is 18.3. The van der Waals surface area contributed by atoms with Gasteiger partial charge in [-0.2, -0.15) is 0 Å². The first-order valence-electron chi connectivity index (χ1n) is 10.3. The van der Waals surface area contributed by atoms with Crippen LogP contribution in [0, 0.1) is 0 Å². The second-order valence-corrected chi connectivity index (χ2v) is 10.6. The Kier molecular flexibility index (Phi) is 6.98. The lowest BCUT2D eigenvalue weighted by molar-refractivity contribution is -0.158. The van der Waals surface area contributed by atoms with Crippen molar-refractivity contribution in [1.29, 1.82) is 0 Å². The zero-order chi connectivity index (χ0) is 21.1. The Morgan fingerprint density at radius 1 is 1.07 bits per heavy atom. The fraction of sp³-hybridized carbons (Fsp3) is 0.667. The van der Waals surface area contributed by atoms with Crippen molar-refractivity contribution in [3.8, 4) is 0 Å². The van der Waals surface area contributed by atoms with Crippen LogP contribution in [0.25, 0.3) is 0 Å². The number of rotatable bonds is 6. The maximum absolute atomic E-state index is 12.4. The molecule has 162 valence electrons. The molecule has 0 spiro atoms. The molecule has 0 bridgehead atoms. The number of hydrogen-bond donors (Lipinski definition) is 2. The molecule has 2 fully saturated rings. The molecule has 1 aliphatic heterocycles. The minimum Gasteiger partial charge on any atom is -0.373 e. The molecule has 2 aliphatic rings. The van der Waals surface area contributed by atoms with E-state index in [2.05, 4.69) is 30.8 Å². The molecule has 29 heavy (non-hydrogen) atoms. The summed E-state index contributed by atoms with van der Waals surface area (Å²) in [5.41, 5.74) is 1.03. The van der Waals surface area contributed by atoms with Gasteiger partial charge < -0.3 is 14.8 Å². The second kappa shape index (κ2) is 9.12.